The van der Waals surface area contributed by atoms with Crippen molar-refractivity contribution in [1.82, 2.24) is 5.32 Å². The Morgan fingerprint density at radius 1 is 0.540 bits per heavy atom. The Balaban J connectivity index is 4.52. The molecule has 1 amide bonds. The lowest BCUT2D eigenvalue weighted by atomic mass is 10.0. The average Bonchev–Trinajstić information content (AvgIpc) is 3.10. The Hall–Kier alpha value is -3.93. The van der Waals surface area contributed by atoms with Gasteiger partial charge in [0.2, 0.25) is 5.91 Å². The molecule has 2 N–H and O–H groups in total. The van der Waals surface area contributed by atoms with Crippen LogP contribution >= 0.6 is 0 Å². The first-order valence-corrected chi connectivity index (χ1v) is 19.0. The van der Waals surface area contributed by atoms with E-state index in [4.69, 9.17) is 9.84 Å². The molecule has 6 heteroatoms. The molecule has 278 valence electrons. The third kappa shape index (κ3) is 36.9. The number of carboxylic acid groups (broad SMARTS) is 1. The van der Waals surface area contributed by atoms with Crippen LogP contribution in [0.4, 0.5) is 0 Å². The van der Waals surface area contributed by atoms with Crippen LogP contribution in [0.3, 0.4) is 0 Å². The Bertz CT molecular complexity index is 1120. The lowest BCUT2D eigenvalue weighted by Gasteiger charge is -2.17. The first-order chi connectivity index (χ1) is 24.5. The fraction of sp³-hybridized carbons (Fsp3) is 0.523. The van der Waals surface area contributed by atoms with E-state index in [9.17, 15) is 14.4 Å². The van der Waals surface area contributed by atoms with Gasteiger partial charge in [-0.2, -0.15) is 0 Å². The summed E-state index contributed by atoms with van der Waals surface area (Å²) in [6.07, 6.45) is 55.0. The molecule has 0 rings (SSSR count). The molecule has 0 heterocycles. The SMILES string of the molecule is CC/C=C\C/C=C\C/C=C\C/C=C\C/C=C\CC(=O)OC(CC/C=C\C/C=C\C/C=C\C/C=C\CC)CCCCCCCC(=O)NCC(=O)O. The van der Waals surface area contributed by atoms with Crippen LogP contribution in [0.2, 0.25) is 0 Å². The van der Waals surface area contributed by atoms with Crippen LogP contribution in [0.1, 0.15) is 136 Å². The number of carbonyl (C=O) groups is 3. The summed E-state index contributed by atoms with van der Waals surface area (Å²) in [6.45, 7) is 3.95. The predicted molar refractivity (Wildman–Crippen MR) is 212 cm³/mol. The molecule has 0 radical (unpaired) electrons. The lowest BCUT2D eigenvalue weighted by Crippen LogP contribution is -2.28. The second kappa shape index (κ2) is 37.9. The van der Waals surface area contributed by atoms with Crippen molar-refractivity contribution < 1.29 is 24.2 Å². The summed E-state index contributed by atoms with van der Waals surface area (Å²) in [6, 6.07) is 0. The molecular weight excluding hydrogens is 622 g/mol. The third-order valence-electron chi connectivity index (χ3n) is 7.48. The standard InChI is InChI=1S/C44H67NO5/c1-3-5-7-9-11-13-15-17-18-20-22-24-26-31-35-39-44(49)50-41(37-33-29-27-30-34-38-42(46)45-40-43(47)48)36-32-28-25-23-21-19-16-14-12-10-8-6-4-2/h5-8,11-14,17-19,21-22,24-25,28,31,35,41H,3-4,9-10,15-16,20,23,26-27,29-30,32-34,36-40H2,1-2H3,(H,45,46)(H,47,48)/b7-5-,8-6-,13-11-,14-12-,18-17-,21-19-,24-22-,28-25-,35-31-. The predicted octanol–water partition coefficient (Wildman–Crippen LogP) is 11.6. The van der Waals surface area contributed by atoms with Gasteiger partial charge in [0.15, 0.2) is 0 Å². The number of esters is 1. The Morgan fingerprint density at radius 2 is 0.960 bits per heavy atom. The molecule has 0 saturated heterocycles. The third-order valence-corrected chi connectivity index (χ3v) is 7.48. The van der Waals surface area contributed by atoms with E-state index in [1.807, 2.05) is 12.2 Å². The van der Waals surface area contributed by atoms with Crippen molar-refractivity contribution in [3.8, 4) is 0 Å². The lowest BCUT2D eigenvalue weighted by molar-refractivity contribution is -0.148. The highest BCUT2D eigenvalue weighted by Gasteiger charge is 2.13. The molecular formula is C44H67NO5. The van der Waals surface area contributed by atoms with Gasteiger partial charge < -0.3 is 15.2 Å². The van der Waals surface area contributed by atoms with Crippen LogP contribution in [0, 0.1) is 0 Å². The number of unbranched alkanes of at least 4 members (excludes halogenated alkanes) is 4. The molecule has 0 fully saturated rings. The molecule has 0 aliphatic heterocycles. The normalized spacial score (nSPS) is 13.3. The highest BCUT2D eigenvalue weighted by molar-refractivity contribution is 5.80. The summed E-state index contributed by atoms with van der Waals surface area (Å²) in [5.41, 5.74) is 0. The van der Waals surface area contributed by atoms with Crippen LogP contribution in [0.5, 0.6) is 0 Å². The monoisotopic (exact) mass is 690 g/mol. The molecule has 6 nitrogen and oxygen atoms in total. The van der Waals surface area contributed by atoms with Gasteiger partial charge in [0.05, 0.1) is 6.42 Å². The topological polar surface area (TPSA) is 92.7 Å². The van der Waals surface area contributed by atoms with E-state index in [0.29, 0.717) is 6.42 Å². The van der Waals surface area contributed by atoms with E-state index in [1.54, 1.807) is 0 Å². The largest absolute Gasteiger partial charge is 0.480 e. The van der Waals surface area contributed by atoms with Crippen LogP contribution in [0.15, 0.2) is 109 Å². The number of hydrogen-bond donors (Lipinski definition) is 2. The summed E-state index contributed by atoms with van der Waals surface area (Å²) in [5, 5.41) is 11.1. The van der Waals surface area contributed by atoms with E-state index >= 15 is 0 Å². The zero-order valence-corrected chi connectivity index (χ0v) is 31.2. The molecule has 0 spiro atoms. The molecule has 1 atom stereocenters. The number of ether oxygens (including phenoxy) is 1. The second-order valence-electron chi connectivity index (χ2n) is 12.1. The zero-order valence-electron chi connectivity index (χ0n) is 31.2. The van der Waals surface area contributed by atoms with Crippen molar-refractivity contribution in [3.63, 3.8) is 0 Å². The van der Waals surface area contributed by atoms with Crippen molar-refractivity contribution in [2.75, 3.05) is 6.54 Å². The van der Waals surface area contributed by atoms with Gasteiger partial charge in [-0.15, -0.1) is 0 Å². The zero-order chi connectivity index (χ0) is 36.6. The maximum absolute atomic E-state index is 12.6. The average molecular weight is 690 g/mol. The fourth-order valence-corrected chi connectivity index (χ4v) is 4.76. The minimum absolute atomic E-state index is 0.112. The van der Waals surface area contributed by atoms with Gasteiger partial charge in [-0.3, -0.25) is 14.4 Å². The van der Waals surface area contributed by atoms with Crippen molar-refractivity contribution in [1.29, 1.82) is 0 Å². The highest BCUT2D eigenvalue weighted by atomic mass is 16.5. The number of allylic oxidation sites excluding steroid dienone is 17. The molecule has 0 aromatic heterocycles. The van der Waals surface area contributed by atoms with Crippen molar-refractivity contribution in [3.05, 3.63) is 109 Å². The van der Waals surface area contributed by atoms with E-state index < -0.39 is 5.97 Å². The number of rotatable bonds is 32. The van der Waals surface area contributed by atoms with Gasteiger partial charge in [0, 0.05) is 6.42 Å². The molecule has 0 aliphatic rings. The van der Waals surface area contributed by atoms with E-state index in [0.717, 1.165) is 109 Å². The summed E-state index contributed by atoms with van der Waals surface area (Å²) >= 11 is 0. The number of nitrogens with one attached hydrogen (secondary N) is 1. The molecule has 0 bridgehead atoms. The highest BCUT2D eigenvalue weighted by Crippen LogP contribution is 2.16. The summed E-state index contributed by atoms with van der Waals surface area (Å²) < 4.78 is 5.89. The molecule has 50 heavy (non-hydrogen) atoms. The van der Waals surface area contributed by atoms with Crippen LogP contribution in [0.25, 0.3) is 0 Å². The van der Waals surface area contributed by atoms with Gasteiger partial charge in [-0.25, -0.2) is 0 Å². The van der Waals surface area contributed by atoms with Gasteiger partial charge in [0.25, 0.3) is 0 Å². The Labute approximate surface area is 304 Å². The smallest absolute Gasteiger partial charge is 0.322 e. The van der Waals surface area contributed by atoms with E-state index in [1.165, 1.54) is 0 Å². The van der Waals surface area contributed by atoms with Crippen molar-refractivity contribution >= 4 is 17.8 Å². The van der Waals surface area contributed by atoms with Crippen LogP contribution in [-0.2, 0) is 19.1 Å². The van der Waals surface area contributed by atoms with Gasteiger partial charge in [-0.05, 0) is 89.9 Å². The van der Waals surface area contributed by atoms with Crippen molar-refractivity contribution in [2.24, 2.45) is 0 Å². The second-order valence-corrected chi connectivity index (χ2v) is 12.1. The van der Waals surface area contributed by atoms with Gasteiger partial charge >= 0.3 is 11.9 Å². The molecule has 0 saturated carbocycles. The van der Waals surface area contributed by atoms with Gasteiger partial charge in [-0.1, -0.05) is 142 Å². The number of carbonyl (C=O) groups excluding carboxylic acids is 2. The quantitative estimate of drug-likeness (QED) is 0.0416. The minimum atomic E-state index is -1.03. The van der Waals surface area contributed by atoms with E-state index in [2.05, 4.69) is 116 Å². The molecule has 0 aromatic carbocycles. The first kappa shape index (κ1) is 46.1. The molecule has 1 unspecified atom stereocenters. The Kier molecular flexibility index (Phi) is 34.9. The van der Waals surface area contributed by atoms with Crippen molar-refractivity contribution in [2.45, 2.75) is 142 Å². The maximum Gasteiger partial charge on any atom is 0.322 e. The summed E-state index contributed by atoms with van der Waals surface area (Å²) in [7, 11) is 0. The number of hydrogen-bond acceptors (Lipinski definition) is 4. The Morgan fingerprint density at radius 3 is 1.44 bits per heavy atom. The fourth-order valence-electron chi connectivity index (χ4n) is 4.76. The van der Waals surface area contributed by atoms with E-state index in [-0.39, 0.29) is 30.9 Å². The van der Waals surface area contributed by atoms with Crippen LogP contribution < -0.4 is 5.32 Å². The number of amides is 1. The molecule has 0 aromatic rings. The molecule has 0 aliphatic carbocycles. The first-order valence-electron chi connectivity index (χ1n) is 19.0. The number of carboxylic acids is 1. The number of aliphatic carboxylic acids is 1. The summed E-state index contributed by atoms with van der Waals surface area (Å²) in [5.74, 6) is -1.44. The van der Waals surface area contributed by atoms with Gasteiger partial charge in [0.1, 0.15) is 12.6 Å². The maximum atomic E-state index is 12.6. The summed E-state index contributed by atoms with van der Waals surface area (Å²) in [4.78, 5) is 34.9. The van der Waals surface area contributed by atoms with Crippen LogP contribution in [-0.4, -0.2) is 35.6 Å². The minimum Gasteiger partial charge on any atom is -0.480 e.